The zero-order valence-electron chi connectivity index (χ0n) is 9.44. The molecule has 0 aliphatic rings. The number of hydrogen-bond acceptors (Lipinski definition) is 4. The number of methoxy groups -OCH3 is 1. The third-order valence-electron chi connectivity index (χ3n) is 2.49. The van der Waals surface area contributed by atoms with Gasteiger partial charge in [0, 0.05) is 18.3 Å². The van der Waals surface area contributed by atoms with Crippen molar-refractivity contribution < 1.29 is 14.6 Å². The molecule has 5 heteroatoms. The molecule has 0 amide bonds. The Morgan fingerprint density at radius 1 is 1.60 bits per heavy atom. The van der Waals surface area contributed by atoms with Crippen molar-refractivity contribution in [2.75, 3.05) is 7.11 Å². The summed E-state index contributed by atoms with van der Waals surface area (Å²) < 4.78 is 6.19. The van der Waals surface area contributed by atoms with E-state index in [-0.39, 0.29) is 6.42 Å². The molecule has 0 radical (unpaired) electrons. The molecule has 1 aromatic rings. The molecule has 0 aromatic carbocycles. The smallest absolute Gasteiger partial charge is 0.308 e. The van der Waals surface area contributed by atoms with E-state index in [0.29, 0.717) is 5.56 Å². The van der Waals surface area contributed by atoms with E-state index in [1.165, 1.54) is 7.11 Å². The van der Waals surface area contributed by atoms with Gasteiger partial charge in [0.15, 0.2) is 0 Å². The number of carbonyl (C=O) groups excluding carboxylic acids is 1. The predicted molar refractivity (Wildman–Crippen MR) is 54.3 cm³/mol. The van der Waals surface area contributed by atoms with Gasteiger partial charge >= 0.3 is 5.97 Å². The zero-order valence-corrected chi connectivity index (χ0v) is 9.44. The molecule has 0 bridgehead atoms. The van der Waals surface area contributed by atoms with Crippen LogP contribution in [-0.2, 0) is 16.6 Å². The van der Waals surface area contributed by atoms with Gasteiger partial charge in [-0.2, -0.15) is 5.10 Å². The molecule has 5 nitrogen and oxygen atoms in total. The molecule has 1 aromatic heterocycles. The van der Waals surface area contributed by atoms with Crippen LogP contribution in [0.3, 0.4) is 0 Å². The first kappa shape index (κ1) is 11.7. The molecule has 84 valence electrons. The minimum absolute atomic E-state index is 0.0378. The maximum absolute atomic E-state index is 11.0. The number of nitrogens with zero attached hydrogens (tertiary/aromatic N) is 2. The summed E-state index contributed by atoms with van der Waals surface area (Å²) in [6.45, 7) is 3.67. The van der Waals surface area contributed by atoms with E-state index in [1.54, 1.807) is 11.7 Å². The van der Waals surface area contributed by atoms with Crippen molar-refractivity contribution in [3.8, 4) is 0 Å². The van der Waals surface area contributed by atoms with Crippen LogP contribution in [0.5, 0.6) is 0 Å². The third-order valence-corrected chi connectivity index (χ3v) is 2.49. The van der Waals surface area contributed by atoms with Gasteiger partial charge in [-0.05, 0) is 13.8 Å². The summed E-state index contributed by atoms with van der Waals surface area (Å²) in [6, 6.07) is 0. The lowest BCUT2D eigenvalue weighted by Crippen LogP contribution is -2.09. The van der Waals surface area contributed by atoms with Gasteiger partial charge in [-0.25, -0.2) is 0 Å². The van der Waals surface area contributed by atoms with E-state index < -0.39 is 12.1 Å². The van der Waals surface area contributed by atoms with Crippen LogP contribution in [0, 0.1) is 13.8 Å². The van der Waals surface area contributed by atoms with Crippen LogP contribution < -0.4 is 0 Å². The lowest BCUT2D eigenvalue weighted by atomic mass is 10.1. The second kappa shape index (κ2) is 4.44. The first-order chi connectivity index (χ1) is 6.97. The monoisotopic (exact) mass is 212 g/mol. The molecular weight excluding hydrogens is 196 g/mol. The molecule has 0 saturated carbocycles. The molecule has 1 rings (SSSR count). The van der Waals surface area contributed by atoms with Crippen molar-refractivity contribution in [3.05, 3.63) is 17.0 Å². The zero-order chi connectivity index (χ0) is 11.6. The average molecular weight is 212 g/mol. The lowest BCUT2D eigenvalue weighted by molar-refractivity contribution is -0.142. The van der Waals surface area contributed by atoms with Crippen LogP contribution in [0.25, 0.3) is 0 Å². The summed E-state index contributed by atoms with van der Waals surface area (Å²) >= 11 is 0. The maximum Gasteiger partial charge on any atom is 0.308 e. The summed E-state index contributed by atoms with van der Waals surface area (Å²) in [7, 11) is 3.11. The van der Waals surface area contributed by atoms with E-state index in [1.807, 2.05) is 13.8 Å². The molecule has 0 spiro atoms. The minimum atomic E-state index is -0.842. The first-order valence-corrected chi connectivity index (χ1v) is 4.72. The van der Waals surface area contributed by atoms with Crippen molar-refractivity contribution in [2.45, 2.75) is 26.4 Å². The normalized spacial score (nSPS) is 12.6. The molecule has 1 atom stereocenters. The van der Waals surface area contributed by atoms with Crippen molar-refractivity contribution in [3.63, 3.8) is 0 Å². The first-order valence-electron chi connectivity index (χ1n) is 4.72. The molecular formula is C10H16N2O3. The Bertz CT molecular complexity index is 371. The second-order valence-electron chi connectivity index (χ2n) is 3.50. The predicted octanol–water partition coefficient (Wildman–Crippen LogP) is 0.633. The fourth-order valence-corrected chi connectivity index (χ4v) is 1.62. The Kier molecular flexibility index (Phi) is 3.47. The highest BCUT2D eigenvalue weighted by atomic mass is 16.5. The number of esters is 1. The van der Waals surface area contributed by atoms with E-state index in [4.69, 9.17) is 0 Å². The van der Waals surface area contributed by atoms with Crippen LogP contribution in [-0.4, -0.2) is 28.0 Å². The number of hydrogen-bond donors (Lipinski definition) is 1. The number of aliphatic hydroxyl groups is 1. The quantitative estimate of drug-likeness (QED) is 0.746. The number of aromatic nitrogens is 2. The standard InChI is InChI=1S/C10H16N2O3/c1-6-10(7(2)12(3)11-6)8(13)5-9(14)15-4/h8,13H,5H2,1-4H3/t8-/m0/s1. The third kappa shape index (κ3) is 2.36. The Morgan fingerprint density at radius 3 is 2.60 bits per heavy atom. The highest BCUT2D eigenvalue weighted by Gasteiger charge is 2.20. The van der Waals surface area contributed by atoms with Crippen LogP contribution in [0.1, 0.15) is 29.5 Å². The van der Waals surface area contributed by atoms with Gasteiger partial charge < -0.3 is 9.84 Å². The van der Waals surface area contributed by atoms with Crippen molar-refractivity contribution in [1.82, 2.24) is 9.78 Å². The highest BCUT2D eigenvalue weighted by molar-refractivity contribution is 5.70. The van der Waals surface area contributed by atoms with Crippen LogP contribution in [0.2, 0.25) is 0 Å². The molecule has 0 fully saturated rings. The fourth-order valence-electron chi connectivity index (χ4n) is 1.62. The molecule has 15 heavy (non-hydrogen) atoms. The summed E-state index contributed by atoms with van der Waals surface area (Å²) in [5, 5.41) is 14.0. The van der Waals surface area contributed by atoms with Crippen LogP contribution >= 0.6 is 0 Å². The van der Waals surface area contributed by atoms with Crippen LogP contribution in [0.4, 0.5) is 0 Å². The highest BCUT2D eigenvalue weighted by Crippen LogP contribution is 2.23. The van der Waals surface area contributed by atoms with E-state index >= 15 is 0 Å². The largest absolute Gasteiger partial charge is 0.469 e. The molecule has 0 aliphatic heterocycles. The Labute approximate surface area is 88.7 Å². The van der Waals surface area contributed by atoms with Crippen molar-refractivity contribution in [2.24, 2.45) is 7.05 Å². The number of rotatable bonds is 3. The van der Waals surface area contributed by atoms with Gasteiger partial charge in [0.1, 0.15) is 0 Å². The number of ether oxygens (including phenoxy) is 1. The van der Waals surface area contributed by atoms with Gasteiger partial charge in [0.25, 0.3) is 0 Å². The summed E-state index contributed by atoms with van der Waals surface area (Å²) in [6.07, 6.45) is -0.879. The van der Waals surface area contributed by atoms with Gasteiger partial charge in [-0.3, -0.25) is 9.48 Å². The van der Waals surface area contributed by atoms with Gasteiger partial charge in [0.2, 0.25) is 0 Å². The molecule has 0 unspecified atom stereocenters. The van der Waals surface area contributed by atoms with Crippen molar-refractivity contribution in [1.29, 1.82) is 0 Å². The summed E-state index contributed by atoms with van der Waals surface area (Å²) in [4.78, 5) is 11.0. The minimum Gasteiger partial charge on any atom is -0.469 e. The van der Waals surface area contributed by atoms with E-state index in [0.717, 1.165) is 11.4 Å². The number of carbonyl (C=O) groups is 1. The van der Waals surface area contributed by atoms with Gasteiger partial charge in [-0.1, -0.05) is 0 Å². The number of aryl methyl sites for hydroxylation is 2. The van der Waals surface area contributed by atoms with E-state index in [9.17, 15) is 9.90 Å². The average Bonchev–Trinajstić information content (AvgIpc) is 2.41. The molecule has 1 N–H and O–H groups in total. The molecule has 0 aliphatic carbocycles. The summed E-state index contributed by atoms with van der Waals surface area (Å²) in [5.74, 6) is -0.426. The second-order valence-corrected chi connectivity index (χ2v) is 3.50. The Hall–Kier alpha value is -1.36. The summed E-state index contributed by atoms with van der Waals surface area (Å²) in [5.41, 5.74) is 2.32. The Balaban J connectivity index is 2.90. The number of aliphatic hydroxyl groups excluding tert-OH is 1. The lowest BCUT2D eigenvalue weighted by Gasteiger charge is -2.09. The van der Waals surface area contributed by atoms with Crippen molar-refractivity contribution >= 4 is 5.97 Å². The van der Waals surface area contributed by atoms with Gasteiger partial charge in [0.05, 0.1) is 25.3 Å². The maximum atomic E-state index is 11.0. The molecule has 0 saturated heterocycles. The Morgan fingerprint density at radius 2 is 2.20 bits per heavy atom. The topological polar surface area (TPSA) is 64.3 Å². The molecule has 1 heterocycles. The van der Waals surface area contributed by atoms with Crippen LogP contribution in [0.15, 0.2) is 0 Å². The fraction of sp³-hybridized carbons (Fsp3) is 0.600. The SMILES string of the molecule is COC(=O)C[C@H](O)c1c(C)nn(C)c1C. The van der Waals surface area contributed by atoms with Gasteiger partial charge in [-0.15, -0.1) is 0 Å². The van der Waals surface area contributed by atoms with E-state index in [2.05, 4.69) is 9.84 Å².